The Bertz CT molecular complexity index is 334. The molecule has 118 valence electrons. The summed E-state index contributed by atoms with van der Waals surface area (Å²) >= 11 is 0. The monoisotopic (exact) mass is 305 g/mol. The van der Waals surface area contributed by atoms with Crippen molar-refractivity contribution in [2.45, 2.75) is 52.6 Å². The molecule has 0 aromatic carbocycles. The largest absolute Gasteiger partial charge is 0.346 e. The van der Waals surface area contributed by atoms with E-state index in [2.05, 4.69) is 19.2 Å². The predicted octanol–water partition coefficient (Wildman–Crippen LogP) is 1.15. The van der Waals surface area contributed by atoms with E-state index in [4.69, 9.17) is 5.73 Å². The number of likely N-dealkylation sites (tertiary alicyclic amines) is 1. The molecule has 1 aliphatic heterocycles. The number of rotatable bonds is 5. The summed E-state index contributed by atoms with van der Waals surface area (Å²) in [5.74, 6) is 0.287. The van der Waals surface area contributed by atoms with Gasteiger partial charge in [-0.2, -0.15) is 0 Å². The molecular formula is C14H28ClN3O2. The first kappa shape index (κ1) is 19.2. The highest BCUT2D eigenvalue weighted by Gasteiger charge is 2.30. The van der Waals surface area contributed by atoms with E-state index in [1.807, 2.05) is 18.7 Å². The van der Waals surface area contributed by atoms with Crippen molar-refractivity contribution in [3.05, 3.63) is 0 Å². The first-order chi connectivity index (χ1) is 8.84. The lowest BCUT2D eigenvalue weighted by Crippen LogP contribution is -2.49. The van der Waals surface area contributed by atoms with Gasteiger partial charge in [-0.1, -0.05) is 27.7 Å². The van der Waals surface area contributed by atoms with Crippen LogP contribution in [-0.4, -0.2) is 41.9 Å². The smallest absolute Gasteiger partial charge is 0.242 e. The molecule has 0 aliphatic carbocycles. The summed E-state index contributed by atoms with van der Waals surface area (Å²) < 4.78 is 0. The van der Waals surface area contributed by atoms with Gasteiger partial charge in [0.05, 0.1) is 12.6 Å². The molecular weight excluding hydrogens is 278 g/mol. The fourth-order valence-corrected chi connectivity index (χ4v) is 2.48. The fourth-order valence-electron chi connectivity index (χ4n) is 2.48. The number of halogens is 1. The van der Waals surface area contributed by atoms with Crippen molar-refractivity contribution in [1.82, 2.24) is 10.2 Å². The first-order valence-corrected chi connectivity index (χ1v) is 7.17. The predicted molar refractivity (Wildman–Crippen MR) is 82.6 cm³/mol. The topological polar surface area (TPSA) is 75.4 Å². The van der Waals surface area contributed by atoms with Crippen molar-refractivity contribution in [3.8, 4) is 0 Å². The summed E-state index contributed by atoms with van der Waals surface area (Å²) in [6.07, 6.45) is 2.11. The van der Waals surface area contributed by atoms with Gasteiger partial charge in [0.15, 0.2) is 0 Å². The zero-order valence-corrected chi connectivity index (χ0v) is 13.7. The Hall–Kier alpha value is -0.810. The average Bonchev–Trinajstić information content (AvgIpc) is 2.83. The number of nitrogens with one attached hydrogen (secondary N) is 1. The lowest BCUT2D eigenvalue weighted by Gasteiger charge is -2.28. The molecule has 0 aromatic rings. The minimum Gasteiger partial charge on any atom is -0.346 e. The zero-order valence-electron chi connectivity index (χ0n) is 12.9. The van der Waals surface area contributed by atoms with Crippen LogP contribution in [0.1, 0.15) is 40.5 Å². The standard InChI is InChI=1S/C14H27N3O2.ClH/c1-9(2)11-6-5-7-17(11)12(18)8-16-14(19)13(15)10(3)4;/h9-11,13H,5-8,15H2,1-4H3,(H,16,19);1H/t11?,13-;/m0./s1. The van der Waals surface area contributed by atoms with Crippen LogP contribution >= 0.6 is 12.4 Å². The molecule has 6 heteroatoms. The second-order valence-corrected chi connectivity index (χ2v) is 6.03. The van der Waals surface area contributed by atoms with Crippen molar-refractivity contribution in [2.75, 3.05) is 13.1 Å². The van der Waals surface area contributed by atoms with Gasteiger partial charge in [-0.3, -0.25) is 9.59 Å². The van der Waals surface area contributed by atoms with Gasteiger partial charge in [0.25, 0.3) is 0 Å². The van der Waals surface area contributed by atoms with E-state index >= 15 is 0 Å². The molecule has 0 spiro atoms. The molecule has 0 saturated carbocycles. The average molecular weight is 306 g/mol. The molecule has 2 amide bonds. The van der Waals surface area contributed by atoms with Gasteiger partial charge >= 0.3 is 0 Å². The number of carbonyl (C=O) groups is 2. The van der Waals surface area contributed by atoms with Crippen LogP contribution in [0, 0.1) is 11.8 Å². The van der Waals surface area contributed by atoms with Crippen LogP contribution in [0.5, 0.6) is 0 Å². The Morgan fingerprint density at radius 3 is 2.40 bits per heavy atom. The summed E-state index contributed by atoms with van der Waals surface area (Å²) in [5.41, 5.74) is 5.74. The van der Waals surface area contributed by atoms with Crippen molar-refractivity contribution in [2.24, 2.45) is 17.6 Å². The summed E-state index contributed by atoms with van der Waals surface area (Å²) in [7, 11) is 0. The Kier molecular flexibility index (Phi) is 8.13. The number of hydrogen-bond acceptors (Lipinski definition) is 3. The number of amides is 2. The van der Waals surface area contributed by atoms with Crippen LogP contribution in [-0.2, 0) is 9.59 Å². The second kappa shape index (κ2) is 8.47. The van der Waals surface area contributed by atoms with Crippen LogP contribution in [0.25, 0.3) is 0 Å². The molecule has 0 radical (unpaired) electrons. The molecule has 0 bridgehead atoms. The number of nitrogens with two attached hydrogens (primary N) is 1. The van der Waals surface area contributed by atoms with Gasteiger partial charge < -0.3 is 16.0 Å². The molecule has 1 aliphatic rings. The quantitative estimate of drug-likeness (QED) is 0.800. The van der Waals surface area contributed by atoms with Gasteiger partial charge in [-0.15, -0.1) is 12.4 Å². The highest BCUT2D eigenvalue weighted by atomic mass is 35.5. The molecule has 3 N–H and O–H groups in total. The fraction of sp³-hybridized carbons (Fsp3) is 0.857. The normalized spacial score (nSPS) is 19.9. The lowest BCUT2D eigenvalue weighted by molar-refractivity contribution is -0.134. The van der Waals surface area contributed by atoms with Crippen LogP contribution < -0.4 is 11.1 Å². The number of nitrogens with zero attached hydrogens (tertiary/aromatic N) is 1. The van der Waals surface area contributed by atoms with Crippen molar-refractivity contribution in [3.63, 3.8) is 0 Å². The Morgan fingerprint density at radius 2 is 1.90 bits per heavy atom. The molecule has 0 aromatic heterocycles. The lowest BCUT2D eigenvalue weighted by atomic mass is 10.0. The van der Waals surface area contributed by atoms with Gasteiger partial charge in [-0.05, 0) is 24.7 Å². The highest BCUT2D eigenvalue weighted by Crippen LogP contribution is 2.23. The minimum absolute atomic E-state index is 0. The molecule has 20 heavy (non-hydrogen) atoms. The Morgan fingerprint density at radius 1 is 1.30 bits per heavy atom. The van der Waals surface area contributed by atoms with Crippen LogP contribution in [0.4, 0.5) is 0 Å². The summed E-state index contributed by atoms with van der Waals surface area (Å²) in [6.45, 7) is 8.89. The molecule has 1 heterocycles. The Balaban J connectivity index is 0.00000361. The molecule has 2 atom stereocenters. The maximum absolute atomic E-state index is 12.1. The van der Waals surface area contributed by atoms with Crippen LogP contribution in [0.3, 0.4) is 0 Å². The maximum Gasteiger partial charge on any atom is 0.242 e. The van der Waals surface area contributed by atoms with Crippen LogP contribution in [0.15, 0.2) is 0 Å². The summed E-state index contributed by atoms with van der Waals surface area (Å²) in [6, 6.07) is -0.240. The van der Waals surface area contributed by atoms with E-state index < -0.39 is 6.04 Å². The summed E-state index contributed by atoms with van der Waals surface area (Å²) in [5, 5.41) is 2.64. The van der Waals surface area contributed by atoms with Crippen molar-refractivity contribution in [1.29, 1.82) is 0 Å². The molecule has 1 unspecified atom stereocenters. The third-order valence-electron chi connectivity index (χ3n) is 3.82. The third-order valence-corrected chi connectivity index (χ3v) is 3.82. The van der Waals surface area contributed by atoms with Gasteiger partial charge in [-0.25, -0.2) is 0 Å². The minimum atomic E-state index is -0.549. The van der Waals surface area contributed by atoms with Crippen molar-refractivity contribution >= 4 is 24.2 Å². The van der Waals surface area contributed by atoms with Gasteiger partial charge in [0, 0.05) is 12.6 Å². The van der Waals surface area contributed by atoms with Gasteiger partial charge in [0.1, 0.15) is 0 Å². The van der Waals surface area contributed by atoms with E-state index in [1.165, 1.54) is 0 Å². The summed E-state index contributed by atoms with van der Waals surface area (Å²) in [4.78, 5) is 25.7. The number of carbonyl (C=O) groups excluding carboxylic acids is 2. The second-order valence-electron chi connectivity index (χ2n) is 6.03. The van der Waals surface area contributed by atoms with Gasteiger partial charge in [0.2, 0.25) is 11.8 Å². The van der Waals surface area contributed by atoms with E-state index in [0.717, 1.165) is 19.4 Å². The zero-order chi connectivity index (χ0) is 14.6. The van der Waals surface area contributed by atoms with E-state index in [9.17, 15) is 9.59 Å². The highest BCUT2D eigenvalue weighted by molar-refractivity contribution is 5.87. The Labute approximate surface area is 128 Å². The van der Waals surface area contributed by atoms with Crippen LogP contribution in [0.2, 0.25) is 0 Å². The number of hydrogen-bond donors (Lipinski definition) is 2. The van der Waals surface area contributed by atoms with E-state index in [0.29, 0.717) is 12.0 Å². The SMILES string of the molecule is CC(C)C1CCCN1C(=O)CNC(=O)[C@@H](N)C(C)C.Cl. The molecule has 1 fully saturated rings. The van der Waals surface area contributed by atoms with E-state index in [1.54, 1.807) is 0 Å². The maximum atomic E-state index is 12.1. The molecule has 1 saturated heterocycles. The van der Waals surface area contributed by atoms with E-state index in [-0.39, 0.29) is 36.7 Å². The van der Waals surface area contributed by atoms with Crippen molar-refractivity contribution < 1.29 is 9.59 Å². The molecule has 1 rings (SSSR count). The first-order valence-electron chi connectivity index (χ1n) is 7.17. The third kappa shape index (κ3) is 4.94. The molecule has 5 nitrogen and oxygen atoms in total.